The van der Waals surface area contributed by atoms with Gasteiger partial charge in [0, 0.05) is 12.6 Å². The summed E-state index contributed by atoms with van der Waals surface area (Å²) in [5.74, 6) is 1.52. The summed E-state index contributed by atoms with van der Waals surface area (Å²) in [6.07, 6.45) is 8.59. The van der Waals surface area contributed by atoms with Gasteiger partial charge in [0.1, 0.15) is 5.75 Å². The number of nitrogens with one attached hydrogen (secondary N) is 1. The second-order valence-electron chi connectivity index (χ2n) is 4.67. The lowest BCUT2D eigenvalue weighted by Crippen LogP contribution is -2.11. The Bertz CT molecular complexity index is 328. The molecular formula is C15H26N2O. The van der Waals surface area contributed by atoms with Crippen molar-refractivity contribution in [1.29, 1.82) is 0 Å². The molecule has 1 unspecified atom stereocenters. The molecule has 0 aromatic carbocycles. The van der Waals surface area contributed by atoms with E-state index in [0.29, 0.717) is 5.92 Å². The first kappa shape index (κ1) is 14.8. The van der Waals surface area contributed by atoms with Gasteiger partial charge < -0.3 is 10.1 Å². The number of unbranched alkanes of at least 4 members (excludes halogenated alkanes) is 1. The Morgan fingerprint density at radius 3 is 2.78 bits per heavy atom. The van der Waals surface area contributed by atoms with E-state index in [2.05, 4.69) is 31.1 Å². The highest BCUT2D eigenvalue weighted by Crippen LogP contribution is 2.18. The molecule has 3 nitrogen and oxygen atoms in total. The number of ether oxygens (including phenoxy) is 1. The third-order valence-corrected chi connectivity index (χ3v) is 3.12. The first-order valence-electron chi connectivity index (χ1n) is 7.11. The van der Waals surface area contributed by atoms with Crippen LogP contribution < -0.4 is 10.1 Å². The molecule has 0 aliphatic heterocycles. The highest BCUT2D eigenvalue weighted by atomic mass is 16.5. The Kier molecular flexibility index (Phi) is 7.23. The van der Waals surface area contributed by atoms with Gasteiger partial charge in [-0.15, -0.1) is 0 Å². The third-order valence-electron chi connectivity index (χ3n) is 3.12. The summed E-state index contributed by atoms with van der Waals surface area (Å²) in [4.78, 5) is 4.18. The summed E-state index contributed by atoms with van der Waals surface area (Å²) in [6.45, 7) is 8.24. The number of nitrogens with zero attached hydrogens (tertiary/aromatic N) is 1. The van der Waals surface area contributed by atoms with Crippen LogP contribution in [0.3, 0.4) is 0 Å². The van der Waals surface area contributed by atoms with Crippen molar-refractivity contribution in [2.24, 2.45) is 5.92 Å². The van der Waals surface area contributed by atoms with Gasteiger partial charge in [0.2, 0.25) is 0 Å². The van der Waals surface area contributed by atoms with Crippen LogP contribution in [0.5, 0.6) is 5.75 Å². The molecule has 0 spiro atoms. The summed E-state index contributed by atoms with van der Waals surface area (Å²) >= 11 is 0. The van der Waals surface area contributed by atoms with E-state index < -0.39 is 0 Å². The van der Waals surface area contributed by atoms with Crippen molar-refractivity contribution in [2.75, 3.05) is 18.5 Å². The monoisotopic (exact) mass is 250 g/mol. The van der Waals surface area contributed by atoms with Crippen LogP contribution in [0.4, 0.5) is 5.69 Å². The summed E-state index contributed by atoms with van der Waals surface area (Å²) in [5, 5.41) is 3.24. The molecule has 0 aliphatic rings. The molecule has 1 rings (SSSR count). The van der Waals surface area contributed by atoms with Crippen molar-refractivity contribution in [2.45, 2.75) is 46.5 Å². The van der Waals surface area contributed by atoms with Crippen LogP contribution in [0.2, 0.25) is 0 Å². The second-order valence-corrected chi connectivity index (χ2v) is 4.67. The SMILES string of the molecule is CCCCC(CC)COc1cncc(NCC)c1. The maximum atomic E-state index is 5.84. The Balaban J connectivity index is 2.43. The smallest absolute Gasteiger partial charge is 0.139 e. The van der Waals surface area contributed by atoms with E-state index in [0.717, 1.165) is 24.6 Å². The standard InChI is InChI=1S/C15H26N2O/c1-4-7-8-13(5-2)12-18-15-9-14(17-6-3)10-16-11-15/h9-11,13,17H,4-8,12H2,1-3H3. The molecule has 1 N–H and O–H groups in total. The minimum Gasteiger partial charge on any atom is -0.492 e. The molecule has 0 aliphatic carbocycles. The predicted octanol–water partition coefficient (Wildman–Crippen LogP) is 4.11. The lowest BCUT2D eigenvalue weighted by atomic mass is 10.0. The summed E-state index contributed by atoms with van der Waals surface area (Å²) in [6, 6.07) is 2.02. The van der Waals surface area contributed by atoms with Gasteiger partial charge in [-0.1, -0.05) is 33.1 Å². The van der Waals surface area contributed by atoms with Gasteiger partial charge in [0.25, 0.3) is 0 Å². The normalized spacial score (nSPS) is 12.2. The van der Waals surface area contributed by atoms with Crippen LogP contribution in [-0.4, -0.2) is 18.1 Å². The number of anilines is 1. The quantitative estimate of drug-likeness (QED) is 0.716. The molecule has 1 aromatic heterocycles. The fourth-order valence-electron chi connectivity index (χ4n) is 1.91. The van der Waals surface area contributed by atoms with Gasteiger partial charge in [0.05, 0.1) is 24.7 Å². The zero-order valence-electron chi connectivity index (χ0n) is 11.9. The average Bonchev–Trinajstić information content (AvgIpc) is 2.40. The maximum absolute atomic E-state index is 5.84. The highest BCUT2D eigenvalue weighted by molar-refractivity contribution is 5.44. The Hall–Kier alpha value is -1.25. The molecule has 0 saturated heterocycles. The van der Waals surface area contributed by atoms with Crippen LogP contribution in [0.15, 0.2) is 18.5 Å². The summed E-state index contributed by atoms with van der Waals surface area (Å²) in [7, 11) is 0. The number of hydrogen-bond donors (Lipinski definition) is 1. The van der Waals surface area contributed by atoms with Gasteiger partial charge in [-0.2, -0.15) is 0 Å². The first-order valence-corrected chi connectivity index (χ1v) is 7.11. The summed E-state index contributed by atoms with van der Waals surface area (Å²) < 4.78 is 5.84. The lowest BCUT2D eigenvalue weighted by Gasteiger charge is -2.15. The minimum atomic E-state index is 0.660. The molecule has 102 valence electrons. The van der Waals surface area contributed by atoms with Crippen LogP contribution >= 0.6 is 0 Å². The van der Waals surface area contributed by atoms with Crippen molar-refractivity contribution in [3.8, 4) is 5.75 Å². The molecule has 1 heterocycles. The Morgan fingerprint density at radius 2 is 2.11 bits per heavy atom. The van der Waals surface area contributed by atoms with E-state index >= 15 is 0 Å². The zero-order valence-corrected chi connectivity index (χ0v) is 11.9. The number of pyridine rings is 1. The van der Waals surface area contributed by atoms with Gasteiger partial charge in [-0.05, 0) is 19.3 Å². The first-order chi connectivity index (χ1) is 8.80. The predicted molar refractivity (Wildman–Crippen MR) is 77.2 cm³/mol. The molecule has 18 heavy (non-hydrogen) atoms. The second kappa shape index (κ2) is 8.78. The number of aromatic nitrogens is 1. The average molecular weight is 250 g/mol. The molecule has 0 saturated carbocycles. The van der Waals surface area contributed by atoms with E-state index in [1.807, 2.05) is 12.3 Å². The molecule has 1 aromatic rings. The van der Waals surface area contributed by atoms with Gasteiger partial charge in [-0.25, -0.2) is 0 Å². The van der Waals surface area contributed by atoms with E-state index in [1.54, 1.807) is 6.20 Å². The molecular weight excluding hydrogens is 224 g/mol. The fourth-order valence-corrected chi connectivity index (χ4v) is 1.91. The van der Waals surface area contributed by atoms with Crippen LogP contribution in [0, 0.1) is 5.92 Å². The van der Waals surface area contributed by atoms with Crippen molar-refractivity contribution >= 4 is 5.69 Å². The van der Waals surface area contributed by atoms with Gasteiger partial charge in [-0.3, -0.25) is 4.98 Å². The van der Waals surface area contributed by atoms with Gasteiger partial charge in [0.15, 0.2) is 0 Å². The van der Waals surface area contributed by atoms with Gasteiger partial charge >= 0.3 is 0 Å². The van der Waals surface area contributed by atoms with E-state index in [1.165, 1.54) is 25.7 Å². The topological polar surface area (TPSA) is 34.1 Å². The molecule has 1 atom stereocenters. The third kappa shape index (κ3) is 5.39. The van der Waals surface area contributed by atoms with E-state index in [4.69, 9.17) is 4.74 Å². The summed E-state index contributed by atoms with van der Waals surface area (Å²) in [5.41, 5.74) is 1.02. The Labute approximate surface area is 111 Å². The zero-order chi connectivity index (χ0) is 13.2. The fraction of sp³-hybridized carbons (Fsp3) is 0.667. The van der Waals surface area contributed by atoms with Crippen molar-refractivity contribution in [3.05, 3.63) is 18.5 Å². The minimum absolute atomic E-state index is 0.660. The molecule has 0 bridgehead atoms. The molecule has 0 amide bonds. The highest BCUT2D eigenvalue weighted by Gasteiger charge is 2.07. The van der Waals surface area contributed by atoms with E-state index in [9.17, 15) is 0 Å². The van der Waals surface area contributed by atoms with Crippen molar-refractivity contribution in [1.82, 2.24) is 4.98 Å². The van der Waals surface area contributed by atoms with Crippen LogP contribution in [0.25, 0.3) is 0 Å². The maximum Gasteiger partial charge on any atom is 0.139 e. The Morgan fingerprint density at radius 1 is 1.28 bits per heavy atom. The molecule has 0 radical (unpaired) electrons. The molecule has 3 heteroatoms. The number of rotatable bonds is 9. The lowest BCUT2D eigenvalue weighted by molar-refractivity contribution is 0.233. The van der Waals surface area contributed by atoms with Crippen LogP contribution in [-0.2, 0) is 0 Å². The largest absolute Gasteiger partial charge is 0.492 e. The number of hydrogen-bond acceptors (Lipinski definition) is 3. The van der Waals surface area contributed by atoms with E-state index in [-0.39, 0.29) is 0 Å². The van der Waals surface area contributed by atoms with Crippen molar-refractivity contribution < 1.29 is 4.74 Å². The van der Waals surface area contributed by atoms with Crippen LogP contribution in [0.1, 0.15) is 46.5 Å². The molecule has 0 fully saturated rings. The van der Waals surface area contributed by atoms with Crippen molar-refractivity contribution in [3.63, 3.8) is 0 Å².